The van der Waals surface area contributed by atoms with Crippen molar-refractivity contribution in [1.82, 2.24) is 0 Å². The summed E-state index contributed by atoms with van der Waals surface area (Å²) in [7, 11) is 2.99. The number of rotatable bonds is 4. The van der Waals surface area contributed by atoms with E-state index in [1.54, 1.807) is 18.2 Å². The molecule has 5 heteroatoms. The molecule has 2 rings (SSSR count). The van der Waals surface area contributed by atoms with Crippen molar-refractivity contribution in [2.24, 2.45) is 0 Å². The Kier molecular flexibility index (Phi) is 4.25. The largest absolute Gasteiger partial charge is 0.493 e. The lowest BCUT2D eigenvalue weighted by molar-refractivity contribution is 0.103. The van der Waals surface area contributed by atoms with Crippen molar-refractivity contribution in [3.63, 3.8) is 0 Å². The number of hydrogen-bond donors (Lipinski definition) is 0. The maximum absolute atomic E-state index is 13.4. The average Bonchev–Trinajstić information content (AvgIpc) is 2.48. The number of ether oxygens (including phenoxy) is 2. The summed E-state index contributed by atoms with van der Waals surface area (Å²) < 4.78 is 23.6. The van der Waals surface area contributed by atoms with Crippen LogP contribution in [0.5, 0.6) is 11.5 Å². The predicted octanol–water partition coefficient (Wildman–Crippen LogP) is 3.73. The van der Waals surface area contributed by atoms with Crippen LogP contribution >= 0.6 is 11.6 Å². The Morgan fingerprint density at radius 1 is 1.00 bits per heavy atom. The van der Waals surface area contributed by atoms with Crippen molar-refractivity contribution in [3.8, 4) is 11.5 Å². The van der Waals surface area contributed by atoms with Gasteiger partial charge in [-0.3, -0.25) is 4.79 Å². The second kappa shape index (κ2) is 5.92. The summed E-state index contributed by atoms with van der Waals surface area (Å²) in [6.45, 7) is 0. The summed E-state index contributed by atoms with van der Waals surface area (Å²) >= 11 is 5.60. The first-order chi connectivity index (χ1) is 9.56. The smallest absolute Gasteiger partial charge is 0.193 e. The van der Waals surface area contributed by atoms with E-state index in [0.717, 1.165) is 6.07 Å². The van der Waals surface area contributed by atoms with E-state index >= 15 is 0 Å². The molecule has 0 bridgehead atoms. The second-order valence-corrected chi connectivity index (χ2v) is 4.43. The first-order valence-electron chi connectivity index (χ1n) is 5.78. The molecule has 0 spiro atoms. The highest BCUT2D eigenvalue weighted by molar-refractivity contribution is 6.30. The fourth-order valence-corrected chi connectivity index (χ4v) is 1.90. The number of benzene rings is 2. The SMILES string of the molecule is COc1ccc(C(=O)c2ccc(Cl)c(F)c2)cc1OC. The van der Waals surface area contributed by atoms with Crippen LogP contribution in [0.1, 0.15) is 15.9 Å². The molecule has 0 atom stereocenters. The minimum atomic E-state index is -0.627. The Bertz CT molecular complexity index is 656. The van der Waals surface area contributed by atoms with E-state index in [1.807, 2.05) is 0 Å². The highest BCUT2D eigenvalue weighted by Crippen LogP contribution is 2.28. The van der Waals surface area contributed by atoms with Crippen molar-refractivity contribution in [2.45, 2.75) is 0 Å². The number of hydrogen-bond acceptors (Lipinski definition) is 3. The van der Waals surface area contributed by atoms with Crippen LogP contribution in [0.3, 0.4) is 0 Å². The molecule has 0 heterocycles. The van der Waals surface area contributed by atoms with Gasteiger partial charge in [0.05, 0.1) is 19.2 Å². The molecule has 0 unspecified atom stereocenters. The zero-order chi connectivity index (χ0) is 14.7. The monoisotopic (exact) mass is 294 g/mol. The lowest BCUT2D eigenvalue weighted by Crippen LogP contribution is -2.03. The van der Waals surface area contributed by atoms with E-state index in [4.69, 9.17) is 21.1 Å². The van der Waals surface area contributed by atoms with Gasteiger partial charge in [0, 0.05) is 11.1 Å². The van der Waals surface area contributed by atoms with Crippen molar-refractivity contribution >= 4 is 17.4 Å². The zero-order valence-corrected chi connectivity index (χ0v) is 11.7. The van der Waals surface area contributed by atoms with Gasteiger partial charge in [0.2, 0.25) is 0 Å². The summed E-state index contributed by atoms with van der Waals surface area (Å²) in [6, 6.07) is 8.71. The van der Waals surface area contributed by atoms with Gasteiger partial charge in [-0.25, -0.2) is 4.39 Å². The fourth-order valence-electron chi connectivity index (χ4n) is 1.78. The van der Waals surface area contributed by atoms with E-state index in [1.165, 1.54) is 26.4 Å². The molecule has 2 aromatic carbocycles. The Labute approximate surface area is 120 Å². The molecule has 0 amide bonds. The standard InChI is InChI=1S/C15H12ClFO3/c1-19-13-6-4-10(8-14(13)20-2)15(18)9-3-5-11(16)12(17)7-9/h3-8H,1-2H3. The van der Waals surface area contributed by atoms with Gasteiger partial charge in [0.15, 0.2) is 17.3 Å². The van der Waals surface area contributed by atoms with Gasteiger partial charge in [-0.2, -0.15) is 0 Å². The Morgan fingerprint density at radius 3 is 2.20 bits per heavy atom. The maximum Gasteiger partial charge on any atom is 0.193 e. The number of ketones is 1. The molecule has 104 valence electrons. The normalized spacial score (nSPS) is 10.2. The van der Waals surface area contributed by atoms with Gasteiger partial charge in [0.25, 0.3) is 0 Å². The molecule has 0 aromatic heterocycles. The highest BCUT2D eigenvalue weighted by atomic mass is 35.5. The summed E-state index contributed by atoms with van der Waals surface area (Å²) in [5.41, 5.74) is 0.600. The Morgan fingerprint density at radius 2 is 1.60 bits per heavy atom. The first-order valence-corrected chi connectivity index (χ1v) is 6.16. The van der Waals surface area contributed by atoms with Gasteiger partial charge in [-0.1, -0.05) is 11.6 Å². The number of carbonyl (C=O) groups excluding carboxylic acids is 1. The minimum absolute atomic E-state index is 0.0196. The molecule has 0 saturated carbocycles. The summed E-state index contributed by atoms with van der Waals surface area (Å²) in [5, 5.41) is -0.0196. The van der Waals surface area contributed by atoms with Gasteiger partial charge < -0.3 is 9.47 Å². The Balaban J connectivity index is 2.40. The predicted molar refractivity (Wildman–Crippen MR) is 74.4 cm³/mol. The minimum Gasteiger partial charge on any atom is -0.493 e. The highest BCUT2D eigenvalue weighted by Gasteiger charge is 2.14. The quantitative estimate of drug-likeness (QED) is 0.806. The molecule has 0 aliphatic rings. The van der Waals surface area contributed by atoms with Crippen LogP contribution in [0.2, 0.25) is 5.02 Å². The molecule has 0 saturated heterocycles. The van der Waals surface area contributed by atoms with E-state index in [2.05, 4.69) is 0 Å². The van der Waals surface area contributed by atoms with Crippen LogP contribution < -0.4 is 9.47 Å². The molecule has 2 aromatic rings. The van der Waals surface area contributed by atoms with E-state index in [-0.39, 0.29) is 16.4 Å². The molecular formula is C15H12ClFO3. The van der Waals surface area contributed by atoms with Crippen LogP contribution in [-0.4, -0.2) is 20.0 Å². The number of halogens is 2. The second-order valence-electron chi connectivity index (χ2n) is 4.03. The topological polar surface area (TPSA) is 35.5 Å². The lowest BCUT2D eigenvalue weighted by atomic mass is 10.0. The summed E-state index contributed by atoms with van der Waals surface area (Å²) in [4.78, 5) is 12.3. The average molecular weight is 295 g/mol. The third-order valence-electron chi connectivity index (χ3n) is 2.83. The molecular weight excluding hydrogens is 283 g/mol. The summed E-state index contributed by atoms with van der Waals surface area (Å²) in [5.74, 6) is 0.0126. The van der Waals surface area contributed by atoms with Crippen LogP contribution in [0.15, 0.2) is 36.4 Å². The Hall–Kier alpha value is -2.07. The van der Waals surface area contributed by atoms with Crippen molar-refractivity contribution < 1.29 is 18.7 Å². The molecule has 20 heavy (non-hydrogen) atoms. The lowest BCUT2D eigenvalue weighted by Gasteiger charge is -2.09. The molecule has 3 nitrogen and oxygen atoms in total. The fraction of sp³-hybridized carbons (Fsp3) is 0.133. The third-order valence-corrected chi connectivity index (χ3v) is 3.13. The van der Waals surface area contributed by atoms with Crippen LogP contribution in [-0.2, 0) is 0 Å². The first kappa shape index (κ1) is 14.3. The van der Waals surface area contributed by atoms with E-state index < -0.39 is 5.82 Å². The van der Waals surface area contributed by atoms with Crippen LogP contribution in [0, 0.1) is 5.82 Å². The zero-order valence-electron chi connectivity index (χ0n) is 10.9. The number of carbonyl (C=O) groups is 1. The van der Waals surface area contributed by atoms with Gasteiger partial charge in [-0.05, 0) is 36.4 Å². The third kappa shape index (κ3) is 2.75. The van der Waals surface area contributed by atoms with Crippen molar-refractivity contribution in [2.75, 3.05) is 14.2 Å². The molecule has 0 aliphatic heterocycles. The summed E-state index contributed by atoms with van der Waals surface area (Å²) in [6.07, 6.45) is 0. The van der Waals surface area contributed by atoms with Crippen molar-refractivity contribution in [1.29, 1.82) is 0 Å². The molecule has 0 aliphatic carbocycles. The molecule has 0 radical (unpaired) electrons. The van der Waals surface area contributed by atoms with Gasteiger partial charge >= 0.3 is 0 Å². The van der Waals surface area contributed by atoms with E-state index in [0.29, 0.717) is 17.1 Å². The van der Waals surface area contributed by atoms with Crippen molar-refractivity contribution in [3.05, 3.63) is 58.4 Å². The molecule has 0 N–H and O–H groups in total. The van der Waals surface area contributed by atoms with Crippen LogP contribution in [0.4, 0.5) is 4.39 Å². The molecule has 0 fully saturated rings. The van der Waals surface area contributed by atoms with Gasteiger partial charge in [0.1, 0.15) is 5.82 Å². The number of methoxy groups -OCH3 is 2. The van der Waals surface area contributed by atoms with Gasteiger partial charge in [-0.15, -0.1) is 0 Å². The van der Waals surface area contributed by atoms with Crippen LogP contribution in [0.25, 0.3) is 0 Å². The maximum atomic E-state index is 13.4. The van der Waals surface area contributed by atoms with E-state index in [9.17, 15) is 9.18 Å².